The molecule has 2 rings (SSSR count). The fourth-order valence-corrected chi connectivity index (χ4v) is 6.48. The standard InChI is InChI=1S/C18H23F3O2P2/c1-3-22-25(24,23-4-2)13-14-10-11-17(18(19,20)21)16(12-14)15-8-6-5-7-9-15/h5-12,25H,3-4,13,24H2,1-2H3. The summed E-state index contributed by atoms with van der Waals surface area (Å²) < 4.78 is 51.7. The van der Waals surface area contributed by atoms with Crippen molar-refractivity contribution < 1.29 is 22.2 Å². The summed E-state index contributed by atoms with van der Waals surface area (Å²) in [6, 6.07) is 12.9. The van der Waals surface area contributed by atoms with Crippen LogP contribution in [0.2, 0.25) is 0 Å². The van der Waals surface area contributed by atoms with Crippen molar-refractivity contribution in [2.45, 2.75) is 26.2 Å². The van der Waals surface area contributed by atoms with Crippen molar-refractivity contribution in [1.82, 2.24) is 0 Å². The Hall–Kier alpha value is -0.990. The van der Waals surface area contributed by atoms with Crippen molar-refractivity contribution in [3.63, 3.8) is 0 Å². The summed E-state index contributed by atoms with van der Waals surface area (Å²) in [4.78, 5) is 0. The zero-order chi connectivity index (χ0) is 18.5. The van der Waals surface area contributed by atoms with Gasteiger partial charge in [0.05, 0.1) is 0 Å². The van der Waals surface area contributed by atoms with Crippen molar-refractivity contribution >= 4 is 16.3 Å². The van der Waals surface area contributed by atoms with Gasteiger partial charge in [-0.2, -0.15) is 0 Å². The molecule has 0 amide bonds. The molecule has 0 saturated heterocycles. The van der Waals surface area contributed by atoms with Crippen LogP contribution in [0.4, 0.5) is 13.2 Å². The van der Waals surface area contributed by atoms with Gasteiger partial charge in [-0.05, 0) is 0 Å². The zero-order valence-corrected chi connectivity index (χ0v) is 16.4. The van der Waals surface area contributed by atoms with E-state index in [9.17, 15) is 13.2 Å². The number of alkyl halides is 3. The fourth-order valence-electron chi connectivity index (χ4n) is 2.72. The van der Waals surface area contributed by atoms with E-state index < -0.39 is 19.1 Å². The van der Waals surface area contributed by atoms with Crippen LogP contribution in [0.25, 0.3) is 11.1 Å². The van der Waals surface area contributed by atoms with Gasteiger partial charge in [0.1, 0.15) is 0 Å². The quantitative estimate of drug-likeness (QED) is 0.516. The van der Waals surface area contributed by atoms with E-state index in [1.54, 1.807) is 36.4 Å². The van der Waals surface area contributed by atoms with Gasteiger partial charge in [0, 0.05) is 0 Å². The van der Waals surface area contributed by atoms with Gasteiger partial charge in [0.25, 0.3) is 0 Å². The molecule has 138 valence electrons. The predicted molar refractivity (Wildman–Crippen MR) is 102 cm³/mol. The molecule has 0 bridgehead atoms. The molecule has 0 fully saturated rings. The first-order valence-electron chi connectivity index (χ1n) is 8.11. The van der Waals surface area contributed by atoms with Crippen LogP contribution in [-0.4, -0.2) is 13.2 Å². The van der Waals surface area contributed by atoms with Crippen LogP contribution in [0.1, 0.15) is 25.0 Å². The Morgan fingerprint density at radius 2 is 1.56 bits per heavy atom. The Morgan fingerprint density at radius 1 is 0.960 bits per heavy atom. The molecule has 2 aromatic rings. The Kier molecular flexibility index (Phi) is 6.99. The molecule has 0 saturated carbocycles. The van der Waals surface area contributed by atoms with E-state index in [0.29, 0.717) is 24.9 Å². The second-order valence-corrected chi connectivity index (χ2v) is 10.8. The topological polar surface area (TPSA) is 18.5 Å². The van der Waals surface area contributed by atoms with Crippen molar-refractivity contribution in [3.8, 4) is 11.1 Å². The minimum atomic E-state index is -4.40. The third-order valence-electron chi connectivity index (χ3n) is 3.70. The molecular weight excluding hydrogens is 367 g/mol. The molecule has 0 aliphatic carbocycles. The molecule has 25 heavy (non-hydrogen) atoms. The molecule has 2 nitrogen and oxygen atoms in total. The van der Waals surface area contributed by atoms with Crippen LogP contribution in [0.15, 0.2) is 48.5 Å². The van der Waals surface area contributed by atoms with Crippen LogP contribution in [0.5, 0.6) is 0 Å². The van der Waals surface area contributed by atoms with Crippen LogP contribution >= 0.6 is 16.3 Å². The van der Waals surface area contributed by atoms with E-state index in [1.165, 1.54) is 6.07 Å². The molecule has 0 radical (unpaired) electrons. The molecule has 0 spiro atoms. The summed E-state index contributed by atoms with van der Waals surface area (Å²) >= 11 is 0. The van der Waals surface area contributed by atoms with Crippen LogP contribution < -0.4 is 0 Å². The molecule has 1 unspecified atom stereocenters. The van der Waals surface area contributed by atoms with Crippen molar-refractivity contribution in [2.24, 2.45) is 0 Å². The van der Waals surface area contributed by atoms with Gasteiger partial charge in [0.2, 0.25) is 0 Å². The van der Waals surface area contributed by atoms with E-state index in [0.717, 1.165) is 11.6 Å². The molecule has 1 atom stereocenters. The molecule has 0 N–H and O–H groups in total. The van der Waals surface area contributed by atoms with E-state index in [4.69, 9.17) is 9.05 Å². The van der Waals surface area contributed by atoms with Crippen molar-refractivity contribution in [3.05, 3.63) is 59.7 Å². The van der Waals surface area contributed by atoms with Crippen molar-refractivity contribution in [2.75, 3.05) is 13.2 Å². The maximum absolute atomic E-state index is 13.4. The number of hydrogen-bond donors (Lipinski definition) is 0. The molecule has 0 aromatic heterocycles. The van der Waals surface area contributed by atoms with Gasteiger partial charge in [-0.1, -0.05) is 0 Å². The molecule has 0 aliphatic heterocycles. The Bertz CT molecular complexity index is 684. The molecular formula is C18H23F3O2P2. The third-order valence-corrected chi connectivity index (χ3v) is 7.77. The van der Waals surface area contributed by atoms with Crippen LogP contribution in [0.3, 0.4) is 0 Å². The SMILES string of the molecule is CCO[PH](P)(Cc1ccc(C(F)(F)F)c(-c2ccccc2)c1)OCC. The minimum absolute atomic E-state index is 0.181. The summed E-state index contributed by atoms with van der Waals surface area (Å²) in [5.41, 5.74) is 0.863. The zero-order valence-electron chi connectivity index (χ0n) is 14.3. The Balaban J connectivity index is 2.45. The number of benzene rings is 2. The number of hydrogen-bond acceptors (Lipinski definition) is 2. The average molecular weight is 390 g/mol. The summed E-state index contributed by atoms with van der Waals surface area (Å²) in [5, 5.41) is 0. The Labute approximate surface area is 149 Å². The second-order valence-electron chi connectivity index (χ2n) is 5.60. The van der Waals surface area contributed by atoms with Gasteiger partial charge in [-0.15, -0.1) is 0 Å². The monoisotopic (exact) mass is 390 g/mol. The summed E-state index contributed by atoms with van der Waals surface area (Å²) in [7, 11) is 0.118. The van der Waals surface area contributed by atoms with Gasteiger partial charge >= 0.3 is 149 Å². The van der Waals surface area contributed by atoms with Gasteiger partial charge in [0.15, 0.2) is 0 Å². The van der Waals surface area contributed by atoms with Crippen LogP contribution in [0, 0.1) is 0 Å². The molecule has 7 heteroatoms. The third kappa shape index (κ3) is 5.49. The summed E-state index contributed by atoms with van der Waals surface area (Å²) in [6.07, 6.45) is -3.93. The first kappa shape index (κ1) is 20.3. The van der Waals surface area contributed by atoms with Gasteiger partial charge in [-0.25, -0.2) is 0 Å². The fraction of sp³-hybridized carbons (Fsp3) is 0.333. The van der Waals surface area contributed by atoms with E-state index >= 15 is 0 Å². The van der Waals surface area contributed by atoms with Crippen LogP contribution in [-0.2, 0) is 21.4 Å². The maximum atomic E-state index is 13.4. The Morgan fingerprint density at radius 3 is 2.08 bits per heavy atom. The van der Waals surface area contributed by atoms with E-state index in [-0.39, 0.29) is 5.56 Å². The summed E-state index contributed by atoms with van der Waals surface area (Å²) in [6.45, 7) is 4.77. The second kappa shape index (κ2) is 8.60. The van der Waals surface area contributed by atoms with E-state index in [1.807, 2.05) is 13.8 Å². The van der Waals surface area contributed by atoms with E-state index in [2.05, 4.69) is 8.93 Å². The molecule has 2 aromatic carbocycles. The van der Waals surface area contributed by atoms with Gasteiger partial charge in [-0.3, -0.25) is 0 Å². The average Bonchev–Trinajstić information content (AvgIpc) is 2.55. The van der Waals surface area contributed by atoms with Gasteiger partial charge < -0.3 is 0 Å². The first-order chi connectivity index (χ1) is 11.8. The number of halogens is 3. The predicted octanol–water partition coefficient (Wildman–Crippen LogP) is 6.32. The molecule has 0 aliphatic rings. The molecule has 0 heterocycles. The summed E-state index contributed by atoms with van der Waals surface area (Å²) in [5.74, 6) is 0. The van der Waals surface area contributed by atoms with Crippen molar-refractivity contribution in [1.29, 1.82) is 0 Å². The first-order valence-corrected chi connectivity index (χ1v) is 11.9. The normalized spacial score (nSPS) is 13.0. The number of rotatable bonds is 7.